The van der Waals surface area contributed by atoms with E-state index < -0.39 is 17.1 Å². The van der Waals surface area contributed by atoms with Crippen LogP contribution in [0.3, 0.4) is 0 Å². The molecule has 2 atom stereocenters. The first kappa shape index (κ1) is 15.7. The molecule has 0 aliphatic heterocycles. The summed E-state index contributed by atoms with van der Waals surface area (Å²) in [6, 6.07) is 2.60. The van der Waals surface area contributed by atoms with Crippen LogP contribution in [0.15, 0.2) is 17.2 Å². The largest absolute Gasteiger partial charge is 0.393 e. The van der Waals surface area contributed by atoms with Crippen molar-refractivity contribution >= 4 is 11.4 Å². The first-order valence-electron chi connectivity index (χ1n) is 5.80. The van der Waals surface area contributed by atoms with Crippen LogP contribution < -0.4 is 5.73 Å². The second kappa shape index (κ2) is 6.71. The van der Waals surface area contributed by atoms with Crippen molar-refractivity contribution in [2.45, 2.75) is 25.6 Å². The number of anilines is 1. The molecule has 0 heterocycles. The van der Waals surface area contributed by atoms with Crippen molar-refractivity contribution in [2.24, 2.45) is 5.11 Å². The monoisotopic (exact) mass is 281 g/mol. The van der Waals surface area contributed by atoms with Crippen LogP contribution >= 0.6 is 0 Å². The Morgan fingerprint density at radius 3 is 2.75 bits per heavy atom. The molecule has 0 bridgehead atoms. The number of aliphatic hydroxyl groups is 2. The zero-order chi connectivity index (χ0) is 15.3. The van der Waals surface area contributed by atoms with E-state index in [-0.39, 0.29) is 29.9 Å². The molecule has 0 spiro atoms. The van der Waals surface area contributed by atoms with Crippen molar-refractivity contribution < 1.29 is 15.1 Å². The van der Waals surface area contributed by atoms with Gasteiger partial charge in [-0.15, -0.1) is 0 Å². The third kappa shape index (κ3) is 3.58. The minimum absolute atomic E-state index is 0.0186. The fourth-order valence-corrected chi connectivity index (χ4v) is 1.74. The summed E-state index contributed by atoms with van der Waals surface area (Å²) in [4.78, 5) is 12.7. The standard InChI is InChI=1S/C11H15N5O4/c1-6-4-7(5-8(10(6)12)16(19)20)11(18)9(17)2-3-14-15-13/h4-5,9,11,17-18H,2-3,12H2,1H3. The minimum atomic E-state index is -1.32. The average Bonchev–Trinajstić information content (AvgIpc) is 2.40. The number of nitrogens with zero attached hydrogens (tertiary/aromatic N) is 4. The van der Waals surface area contributed by atoms with Crippen molar-refractivity contribution in [3.05, 3.63) is 43.8 Å². The van der Waals surface area contributed by atoms with Gasteiger partial charge in [-0.25, -0.2) is 0 Å². The quantitative estimate of drug-likeness (QED) is 0.180. The molecule has 9 heteroatoms. The Balaban J connectivity index is 3.01. The van der Waals surface area contributed by atoms with Crippen LogP contribution in [0.4, 0.5) is 11.4 Å². The average molecular weight is 281 g/mol. The molecular formula is C11H15N5O4. The van der Waals surface area contributed by atoms with Gasteiger partial charge in [0.1, 0.15) is 11.8 Å². The molecule has 0 saturated heterocycles. The van der Waals surface area contributed by atoms with Gasteiger partial charge in [-0.1, -0.05) is 11.2 Å². The molecule has 1 rings (SSSR count). The number of nitro groups is 1. The Morgan fingerprint density at radius 2 is 2.20 bits per heavy atom. The molecule has 9 nitrogen and oxygen atoms in total. The Hall–Kier alpha value is -2.35. The Morgan fingerprint density at radius 1 is 1.55 bits per heavy atom. The zero-order valence-corrected chi connectivity index (χ0v) is 10.8. The fourth-order valence-electron chi connectivity index (χ4n) is 1.74. The molecule has 20 heavy (non-hydrogen) atoms. The Labute approximate surface area is 114 Å². The van der Waals surface area contributed by atoms with Gasteiger partial charge < -0.3 is 15.9 Å². The first-order valence-corrected chi connectivity index (χ1v) is 5.80. The van der Waals surface area contributed by atoms with Crippen LogP contribution in [0.1, 0.15) is 23.7 Å². The molecular weight excluding hydrogens is 266 g/mol. The highest BCUT2D eigenvalue weighted by atomic mass is 16.6. The van der Waals surface area contributed by atoms with E-state index in [1.54, 1.807) is 6.92 Å². The van der Waals surface area contributed by atoms with Crippen LogP contribution in [0.25, 0.3) is 10.4 Å². The van der Waals surface area contributed by atoms with E-state index in [2.05, 4.69) is 10.0 Å². The molecule has 0 aromatic heterocycles. The van der Waals surface area contributed by atoms with E-state index in [0.717, 1.165) is 6.07 Å². The van der Waals surface area contributed by atoms with Crippen molar-refractivity contribution in [2.75, 3.05) is 12.3 Å². The van der Waals surface area contributed by atoms with Gasteiger partial charge in [-0.3, -0.25) is 10.1 Å². The summed E-state index contributed by atoms with van der Waals surface area (Å²) in [7, 11) is 0. The predicted octanol–water partition coefficient (Wildman–Crippen LogP) is 1.58. The second-order valence-corrected chi connectivity index (χ2v) is 4.28. The number of nitrogens with two attached hydrogens (primary N) is 1. The van der Waals surface area contributed by atoms with Crippen LogP contribution in [0.2, 0.25) is 0 Å². The third-order valence-electron chi connectivity index (χ3n) is 2.88. The van der Waals surface area contributed by atoms with Crippen LogP contribution in [-0.4, -0.2) is 27.8 Å². The lowest BCUT2D eigenvalue weighted by molar-refractivity contribution is -0.384. The van der Waals surface area contributed by atoms with E-state index in [1.807, 2.05) is 0 Å². The fraction of sp³-hybridized carbons (Fsp3) is 0.455. The Kier molecular flexibility index (Phi) is 5.27. The number of hydrogen-bond donors (Lipinski definition) is 3. The molecule has 4 N–H and O–H groups in total. The maximum atomic E-state index is 10.9. The maximum absolute atomic E-state index is 10.9. The summed E-state index contributed by atoms with van der Waals surface area (Å²) in [5, 5.41) is 33.8. The first-order chi connectivity index (χ1) is 9.38. The van der Waals surface area contributed by atoms with Gasteiger partial charge in [0, 0.05) is 17.5 Å². The molecule has 0 radical (unpaired) electrons. The normalized spacial score (nSPS) is 13.3. The number of rotatable bonds is 6. The van der Waals surface area contributed by atoms with E-state index in [0.29, 0.717) is 5.56 Å². The van der Waals surface area contributed by atoms with Gasteiger partial charge in [-0.05, 0) is 30.0 Å². The summed E-state index contributed by atoms with van der Waals surface area (Å²) < 4.78 is 0. The molecule has 0 aliphatic rings. The smallest absolute Gasteiger partial charge is 0.292 e. The summed E-state index contributed by atoms with van der Waals surface area (Å²) in [5.41, 5.74) is 14.0. The highest BCUT2D eigenvalue weighted by molar-refractivity contribution is 5.64. The third-order valence-corrected chi connectivity index (χ3v) is 2.88. The van der Waals surface area contributed by atoms with Crippen molar-refractivity contribution in [3.63, 3.8) is 0 Å². The van der Waals surface area contributed by atoms with E-state index in [4.69, 9.17) is 11.3 Å². The van der Waals surface area contributed by atoms with Gasteiger partial charge >= 0.3 is 0 Å². The highest BCUT2D eigenvalue weighted by Crippen LogP contribution is 2.30. The lowest BCUT2D eigenvalue weighted by Gasteiger charge is -2.18. The number of nitro benzene ring substituents is 1. The highest BCUT2D eigenvalue weighted by Gasteiger charge is 2.23. The Bertz CT molecular complexity index is 556. The summed E-state index contributed by atoms with van der Waals surface area (Å²) >= 11 is 0. The topological polar surface area (TPSA) is 158 Å². The van der Waals surface area contributed by atoms with Crippen LogP contribution in [-0.2, 0) is 0 Å². The van der Waals surface area contributed by atoms with Crippen LogP contribution in [0.5, 0.6) is 0 Å². The van der Waals surface area contributed by atoms with E-state index in [1.165, 1.54) is 6.07 Å². The van der Waals surface area contributed by atoms with Gasteiger partial charge in [0.05, 0.1) is 11.0 Å². The maximum Gasteiger partial charge on any atom is 0.292 e. The van der Waals surface area contributed by atoms with Gasteiger partial charge in [0.25, 0.3) is 5.69 Å². The molecule has 0 saturated carbocycles. The number of hydrogen-bond acceptors (Lipinski definition) is 6. The van der Waals surface area contributed by atoms with Crippen LogP contribution in [0, 0.1) is 17.0 Å². The number of nitrogen functional groups attached to an aromatic ring is 1. The summed E-state index contributed by atoms with van der Waals surface area (Å²) in [5.74, 6) is 0. The number of benzene rings is 1. The van der Waals surface area contributed by atoms with Crippen molar-refractivity contribution in [1.82, 2.24) is 0 Å². The summed E-state index contributed by atoms with van der Waals surface area (Å²) in [6.07, 6.45) is -2.47. The van der Waals surface area contributed by atoms with Gasteiger partial charge in [0.2, 0.25) is 0 Å². The van der Waals surface area contributed by atoms with Gasteiger partial charge in [-0.2, -0.15) is 0 Å². The summed E-state index contributed by atoms with van der Waals surface area (Å²) in [6.45, 7) is 1.59. The molecule has 1 aromatic rings. The predicted molar refractivity (Wildman–Crippen MR) is 71.8 cm³/mol. The van der Waals surface area contributed by atoms with Crippen molar-refractivity contribution in [3.8, 4) is 0 Å². The van der Waals surface area contributed by atoms with E-state index >= 15 is 0 Å². The molecule has 0 fully saturated rings. The molecule has 0 amide bonds. The minimum Gasteiger partial charge on any atom is -0.393 e. The van der Waals surface area contributed by atoms with Gasteiger partial charge in [0.15, 0.2) is 0 Å². The number of aliphatic hydroxyl groups excluding tert-OH is 2. The lowest BCUT2D eigenvalue weighted by Crippen LogP contribution is -2.19. The number of azide groups is 1. The second-order valence-electron chi connectivity index (χ2n) is 4.28. The molecule has 1 aromatic carbocycles. The molecule has 2 unspecified atom stereocenters. The SMILES string of the molecule is Cc1cc(C(O)C(O)CCN=[N+]=[N-])cc([N+](=O)[O-])c1N. The molecule has 0 aliphatic carbocycles. The zero-order valence-electron chi connectivity index (χ0n) is 10.8. The van der Waals surface area contributed by atoms with E-state index in [9.17, 15) is 20.3 Å². The number of aryl methyl sites for hydroxylation is 1. The lowest BCUT2D eigenvalue weighted by atomic mass is 9.98. The molecule has 108 valence electrons. The van der Waals surface area contributed by atoms with Crippen molar-refractivity contribution in [1.29, 1.82) is 0 Å².